The number of fused-ring (bicyclic) bond motifs is 2. The molecule has 1 saturated heterocycles. The largest absolute Gasteiger partial charge is 0.352 e. The van der Waals surface area contributed by atoms with Crippen LogP contribution in [-0.2, 0) is 9.59 Å². The maximum Gasteiger partial charge on any atom is 0.237 e. The summed E-state index contributed by atoms with van der Waals surface area (Å²) in [5.74, 6) is 1.75. The van der Waals surface area contributed by atoms with Crippen LogP contribution in [0.1, 0.15) is 64.7 Å². The number of amides is 2. The van der Waals surface area contributed by atoms with E-state index in [2.05, 4.69) is 15.1 Å². The molecule has 4 rings (SSSR count). The molecule has 3 unspecified atom stereocenters. The van der Waals surface area contributed by atoms with Crippen molar-refractivity contribution in [2.75, 3.05) is 26.2 Å². The van der Waals surface area contributed by atoms with Gasteiger partial charge in [-0.15, -0.1) is 0 Å². The molecular weight excluding hydrogens is 352 g/mol. The number of piperazine rings is 1. The lowest BCUT2D eigenvalue weighted by atomic mass is 9.65. The van der Waals surface area contributed by atoms with Crippen molar-refractivity contribution in [3.8, 4) is 0 Å². The number of hydrogen-bond acceptors (Lipinski definition) is 4. The van der Waals surface area contributed by atoms with Gasteiger partial charge in [-0.3, -0.25) is 14.5 Å². The molecule has 4 fully saturated rings. The zero-order valence-corrected chi connectivity index (χ0v) is 17.4. The van der Waals surface area contributed by atoms with Gasteiger partial charge in [0.15, 0.2) is 0 Å². The van der Waals surface area contributed by atoms with E-state index in [1.165, 1.54) is 32.1 Å². The van der Waals surface area contributed by atoms with E-state index in [1.807, 2.05) is 6.92 Å². The summed E-state index contributed by atoms with van der Waals surface area (Å²) in [4.78, 5) is 30.0. The van der Waals surface area contributed by atoms with Gasteiger partial charge in [-0.25, -0.2) is 0 Å². The topological polar surface area (TPSA) is 78.7 Å². The van der Waals surface area contributed by atoms with Gasteiger partial charge >= 0.3 is 0 Å². The van der Waals surface area contributed by atoms with Crippen molar-refractivity contribution < 1.29 is 9.59 Å². The quantitative estimate of drug-likeness (QED) is 0.766. The molecular formula is C22H38N4O2. The number of nitrogens with zero attached hydrogens (tertiary/aromatic N) is 2. The van der Waals surface area contributed by atoms with Crippen LogP contribution in [0, 0.1) is 17.8 Å². The minimum atomic E-state index is -0.107. The van der Waals surface area contributed by atoms with E-state index < -0.39 is 0 Å². The SMILES string of the molecule is CC(C(=O)NC1CCCC1)N1CCN(C(=O)C2CC3CCCC(C2)C3N)CC1. The minimum Gasteiger partial charge on any atom is -0.352 e. The highest BCUT2D eigenvalue weighted by molar-refractivity contribution is 5.82. The zero-order chi connectivity index (χ0) is 19.7. The number of carbonyl (C=O) groups excluding carboxylic acids is 2. The van der Waals surface area contributed by atoms with Crippen LogP contribution in [0.25, 0.3) is 0 Å². The Balaban J connectivity index is 1.25. The average Bonchev–Trinajstić information content (AvgIpc) is 3.20. The molecule has 0 spiro atoms. The predicted octanol–water partition coefficient (Wildman–Crippen LogP) is 1.73. The molecule has 2 amide bonds. The lowest BCUT2D eigenvalue weighted by molar-refractivity contribution is -0.141. The molecule has 6 nitrogen and oxygen atoms in total. The molecule has 2 bridgehead atoms. The highest BCUT2D eigenvalue weighted by atomic mass is 16.2. The lowest BCUT2D eigenvalue weighted by Gasteiger charge is -2.45. The van der Waals surface area contributed by atoms with E-state index in [9.17, 15) is 9.59 Å². The van der Waals surface area contributed by atoms with Crippen LogP contribution in [0.2, 0.25) is 0 Å². The molecule has 3 atom stereocenters. The van der Waals surface area contributed by atoms with Crippen LogP contribution in [-0.4, -0.2) is 65.9 Å². The van der Waals surface area contributed by atoms with Crippen LogP contribution in [0.3, 0.4) is 0 Å². The third-order valence-corrected chi connectivity index (χ3v) is 8.02. The summed E-state index contributed by atoms with van der Waals surface area (Å²) in [6.07, 6.45) is 10.3. The van der Waals surface area contributed by atoms with Crippen molar-refractivity contribution in [2.45, 2.75) is 82.8 Å². The van der Waals surface area contributed by atoms with E-state index in [0.717, 1.165) is 51.9 Å². The molecule has 0 radical (unpaired) electrons. The molecule has 4 aliphatic rings. The first-order chi connectivity index (χ1) is 13.5. The summed E-state index contributed by atoms with van der Waals surface area (Å²) in [6.45, 7) is 5.09. The van der Waals surface area contributed by atoms with Crippen molar-refractivity contribution in [3.63, 3.8) is 0 Å². The highest BCUT2D eigenvalue weighted by Gasteiger charge is 2.42. The molecule has 0 aromatic rings. The van der Waals surface area contributed by atoms with Gasteiger partial charge in [0.1, 0.15) is 0 Å². The molecule has 28 heavy (non-hydrogen) atoms. The van der Waals surface area contributed by atoms with Gasteiger partial charge in [0.05, 0.1) is 6.04 Å². The summed E-state index contributed by atoms with van der Waals surface area (Å²) >= 11 is 0. The Hall–Kier alpha value is -1.14. The summed E-state index contributed by atoms with van der Waals surface area (Å²) in [5, 5.41) is 3.22. The third-order valence-electron chi connectivity index (χ3n) is 8.02. The smallest absolute Gasteiger partial charge is 0.237 e. The van der Waals surface area contributed by atoms with Crippen LogP contribution in [0.5, 0.6) is 0 Å². The van der Waals surface area contributed by atoms with Gasteiger partial charge in [-0.2, -0.15) is 0 Å². The van der Waals surface area contributed by atoms with Crippen LogP contribution in [0.4, 0.5) is 0 Å². The molecule has 6 heteroatoms. The minimum absolute atomic E-state index is 0.107. The van der Waals surface area contributed by atoms with Gasteiger partial charge < -0.3 is 16.0 Å². The van der Waals surface area contributed by atoms with Crippen molar-refractivity contribution in [1.82, 2.24) is 15.1 Å². The van der Waals surface area contributed by atoms with Crippen LogP contribution in [0.15, 0.2) is 0 Å². The van der Waals surface area contributed by atoms with Gasteiger partial charge in [-0.05, 0) is 57.3 Å². The molecule has 1 heterocycles. The van der Waals surface area contributed by atoms with E-state index in [1.54, 1.807) is 0 Å². The maximum absolute atomic E-state index is 13.1. The van der Waals surface area contributed by atoms with Crippen molar-refractivity contribution in [3.05, 3.63) is 0 Å². The van der Waals surface area contributed by atoms with Gasteiger partial charge in [0.2, 0.25) is 11.8 Å². The molecule has 3 N–H and O–H groups in total. The van der Waals surface area contributed by atoms with E-state index >= 15 is 0 Å². The fourth-order valence-corrected chi connectivity index (χ4v) is 6.14. The summed E-state index contributed by atoms with van der Waals surface area (Å²) in [5.41, 5.74) is 6.39. The Labute approximate surface area is 169 Å². The highest BCUT2D eigenvalue weighted by Crippen LogP contribution is 2.42. The van der Waals surface area contributed by atoms with Gasteiger partial charge in [-0.1, -0.05) is 19.3 Å². The normalized spacial score (nSPS) is 35.6. The predicted molar refractivity (Wildman–Crippen MR) is 110 cm³/mol. The second kappa shape index (κ2) is 8.70. The first-order valence-electron chi connectivity index (χ1n) is 11.6. The lowest BCUT2D eigenvalue weighted by Crippen LogP contribution is -2.57. The molecule has 3 saturated carbocycles. The second-order valence-electron chi connectivity index (χ2n) is 9.72. The molecule has 1 aliphatic heterocycles. The number of hydrogen-bond donors (Lipinski definition) is 2. The fraction of sp³-hybridized carbons (Fsp3) is 0.909. The summed E-state index contributed by atoms with van der Waals surface area (Å²) in [6, 6.07) is 0.578. The third kappa shape index (κ3) is 4.23. The van der Waals surface area contributed by atoms with Crippen molar-refractivity contribution in [1.29, 1.82) is 0 Å². The molecule has 158 valence electrons. The van der Waals surface area contributed by atoms with Gasteiger partial charge in [0.25, 0.3) is 0 Å². The van der Waals surface area contributed by atoms with E-state index in [0.29, 0.717) is 29.8 Å². The number of rotatable bonds is 4. The molecule has 0 aromatic carbocycles. The Morgan fingerprint density at radius 3 is 2.14 bits per heavy atom. The van der Waals surface area contributed by atoms with Crippen LogP contribution >= 0.6 is 0 Å². The van der Waals surface area contributed by atoms with Crippen molar-refractivity contribution >= 4 is 11.8 Å². The van der Waals surface area contributed by atoms with E-state index in [-0.39, 0.29) is 17.9 Å². The summed E-state index contributed by atoms with van der Waals surface area (Å²) in [7, 11) is 0. The maximum atomic E-state index is 13.1. The van der Waals surface area contributed by atoms with Crippen molar-refractivity contribution in [2.24, 2.45) is 23.5 Å². The Morgan fingerprint density at radius 1 is 0.929 bits per heavy atom. The van der Waals surface area contributed by atoms with Gasteiger partial charge in [0, 0.05) is 44.2 Å². The first-order valence-corrected chi connectivity index (χ1v) is 11.6. The average molecular weight is 391 g/mol. The first kappa shape index (κ1) is 20.1. The van der Waals surface area contributed by atoms with E-state index in [4.69, 9.17) is 5.73 Å². The second-order valence-corrected chi connectivity index (χ2v) is 9.72. The Kier molecular flexibility index (Phi) is 6.26. The fourth-order valence-electron chi connectivity index (χ4n) is 6.14. The number of nitrogens with two attached hydrogens (primary N) is 1. The zero-order valence-electron chi connectivity index (χ0n) is 17.4. The number of carbonyl (C=O) groups is 2. The van der Waals surface area contributed by atoms with Crippen LogP contribution < -0.4 is 11.1 Å². The standard InChI is InChI=1S/C22H38N4O2/c1-15(21(27)24-19-7-2-3-8-19)25-9-11-26(12-10-25)22(28)18-13-16-5-4-6-17(14-18)20(16)23/h15-20H,2-14,23H2,1H3,(H,24,27). The number of nitrogens with one attached hydrogen (secondary N) is 1. The molecule has 3 aliphatic carbocycles. The molecule has 0 aromatic heterocycles. The Bertz CT molecular complexity index is 555. The Morgan fingerprint density at radius 2 is 1.54 bits per heavy atom. The summed E-state index contributed by atoms with van der Waals surface area (Å²) < 4.78 is 0. The monoisotopic (exact) mass is 390 g/mol.